The molecule has 5 nitrogen and oxygen atoms in total. The standard InChI is InChI=1S/C29H36N2O3S/c1-5-34-27-20-23(4)26(22(2)3)21-28(27)35(32,33)31-18-16-30(17-19-31)29(24-12-8-6-9-13-24)25-14-10-7-11-15-25/h6-15,20-22,29H,5,16-19H2,1-4H3. The lowest BCUT2D eigenvalue weighted by Crippen LogP contribution is -2.49. The average molecular weight is 493 g/mol. The Hall–Kier alpha value is -2.67. The van der Waals surface area contributed by atoms with Crippen molar-refractivity contribution >= 4 is 10.0 Å². The predicted molar refractivity (Wildman–Crippen MR) is 141 cm³/mol. The monoisotopic (exact) mass is 492 g/mol. The van der Waals surface area contributed by atoms with Crippen LogP contribution in [0.4, 0.5) is 0 Å². The van der Waals surface area contributed by atoms with E-state index < -0.39 is 10.0 Å². The molecule has 0 saturated carbocycles. The first kappa shape index (κ1) is 25.4. The Morgan fingerprint density at radius 3 is 1.89 bits per heavy atom. The molecule has 3 aromatic rings. The second-order valence-electron chi connectivity index (χ2n) is 9.41. The number of rotatable bonds is 8. The summed E-state index contributed by atoms with van der Waals surface area (Å²) in [5.74, 6) is 0.678. The van der Waals surface area contributed by atoms with Crippen molar-refractivity contribution < 1.29 is 13.2 Å². The van der Waals surface area contributed by atoms with Crippen LogP contribution in [0.2, 0.25) is 0 Å². The van der Waals surface area contributed by atoms with Gasteiger partial charge < -0.3 is 4.74 Å². The lowest BCUT2D eigenvalue weighted by Gasteiger charge is -2.39. The van der Waals surface area contributed by atoms with Gasteiger partial charge in [0.1, 0.15) is 10.6 Å². The zero-order chi connectivity index (χ0) is 25.0. The number of benzene rings is 3. The Morgan fingerprint density at radius 2 is 1.40 bits per heavy atom. The van der Waals surface area contributed by atoms with Crippen LogP contribution in [0.3, 0.4) is 0 Å². The molecule has 1 aliphatic heterocycles. The van der Waals surface area contributed by atoms with E-state index in [1.807, 2.05) is 38.1 Å². The van der Waals surface area contributed by atoms with Crippen molar-refractivity contribution in [2.75, 3.05) is 32.8 Å². The highest BCUT2D eigenvalue weighted by Gasteiger charge is 2.34. The van der Waals surface area contributed by atoms with Crippen molar-refractivity contribution in [2.45, 2.75) is 44.6 Å². The zero-order valence-corrected chi connectivity index (χ0v) is 22.0. The summed E-state index contributed by atoms with van der Waals surface area (Å²) < 4.78 is 35.0. The highest BCUT2D eigenvalue weighted by Crippen LogP contribution is 2.35. The molecule has 35 heavy (non-hydrogen) atoms. The Bertz CT molecular complexity index is 1180. The fraction of sp³-hybridized carbons (Fsp3) is 0.379. The number of hydrogen-bond acceptors (Lipinski definition) is 4. The summed E-state index contributed by atoms with van der Waals surface area (Å²) in [7, 11) is -3.68. The number of hydrogen-bond donors (Lipinski definition) is 0. The highest BCUT2D eigenvalue weighted by atomic mass is 32.2. The van der Waals surface area contributed by atoms with Gasteiger partial charge in [0, 0.05) is 26.2 Å². The van der Waals surface area contributed by atoms with Gasteiger partial charge in [-0.25, -0.2) is 8.42 Å². The zero-order valence-electron chi connectivity index (χ0n) is 21.1. The van der Waals surface area contributed by atoms with Gasteiger partial charge in [0.15, 0.2) is 0 Å². The number of ether oxygens (including phenoxy) is 1. The topological polar surface area (TPSA) is 49.9 Å². The molecule has 0 amide bonds. The van der Waals surface area contributed by atoms with E-state index in [1.165, 1.54) is 11.1 Å². The van der Waals surface area contributed by atoms with Gasteiger partial charge in [-0.3, -0.25) is 4.90 Å². The lowest BCUT2D eigenvalue weighted by molar-refractivity contribution is 0.155. The summed E-state index contributed by atoms with van der Waals surface area (Å²) in [5, 5.41) is 0. The first-order valence-electron chi connectivity index (χ1n) is 12.4. The Labute approximate surface area is 210 Å². The average Bonchev–Trinajstić information content (AvgIpc) is 2.86. The first-order valence-corrected chi connectivity index (χ1v) is 13.9. The Kier molecular flexibility index (Phi) is 7.95. The van der Waals surface area contributed by atoms with Gasteiger partial charge in [-0.15, -0.1) is 0 Å². The van der Waals surface area contributed by atoms with Gasteiger partial charge in [-0.1, -0.05) is 74.5 Å². The number of nitrogens with zero attached hydrogens (tertiary/aromatic N) is 2. The third-order valence-corrected chi connectivity index (χ3v) is 8.66. The summed E-state index contributed by atoms with van der Waals surface area (Å²) in [5.41, 5.74) is 4.53. The molecular weight excluding hydrogens is 456 g/mol. The minimum atomic E-state index is -3.68. The molecule has 0 aromatic heterocycles. The van der Waals surface area contributed by atoms with Crippen LogP contribution in [-0.2, 0) is 10.0 Å². The van der Waals surface area contributed by atoms with Crippen LogP contribution in [0.25, 0.3) is 0 Å². The molecule has 6 heteroatoms. The molecule has 0 aliphatic carbocycles. The maximum absolute atomic E-state index is 13.8. The number of sulfonamides is 1. The van der Waals surface area contributed by atoms with Gasteiger partial charge in [-0.2, -0.15) is 4.31 Å². The summed E-state index contributed by atoms with van der Waals surface area (Å²) in [6, 6.07) is 24.7. The van der Waals surface area contributed by atoms with Crippen molar-refractivity contribution in [3.8, 4) is 5.75 Å². The van der Waals surface area contributed by atoms with E-state index in [1.54, 1.807) is 4.31 Å². The minimum Gasteiger partial charge on any atom is -0.492 e. The summed E-state index contributed by atoms with van der Waals surface area (Å²) in [6.07, 6.45) is 0. The molecule has 4 rings (SSSR count). The van der Waals surface area contributed by atoms with Crippen molar-refractivity contribution in [3.63, 3.8) is 0 Å². The van der Waals surface area contributed by atoms with E-state index in [0.29, 0.717) is 38.5 Å². The molecule has 0 atom stereocenters. The fourth-order valence-electron chi connectivity index (χ4n) is 5.00. The second-order valence-corrected chi connectivity index (χ2v) is 11.3. The Balaban J connectivity index is 1.61. The van der Waals surface area contributed by atoms with Crippen molar-refractivity contribution in [2.24, 2.45) is 0 Å². The van der Waals surface area contributed by atoms with Crippen LogP contribution in [0.15, 0.2) is 77.7 Å². The smallest absolute Gasteiger partial charge is 0.246 e. The molecule has 0 bridgehead atoms. The quantitative estimate of drug-likeness (QED) is 0.410. The van der Waals surface area contributed by atoms with Crippen molar-refractivity contribution in [1.82, 2.24) is 9.21 Å². The van der Waals surface area contributed by atoms with Crippen LogP contribution < -0.4 is 4.74 Å². The van der Waals surface area contributed by atoms with Gasteiger partial charge in [0.2, 0.25) is 10.0 Å². The highest BCUT2D eigenvalue weighted by molar-refractivity contribution is 7.89. The largest absolute Gasteiger partial charge is 0.492 e. The van der Waals surface area contributed by atoms with Crippen LogP contribution >= 0.6 is 0 Å². The fourth-order valence-corrected chi connectivity index (χ4v) is 6.57. The molecule has 1 fully saturated rings. The maximum atomic E-state index is 13.8. The van der Waals surface area contributed by atoms with Gasteiger partial charge in [0.25, 0.3) is 0 Å². The van der Waals surface area contributed by atoms with E-state index in [-0.39, 0.29) is 16.9 Å². The summed E-state index contributed by atoms with van der Waals surface area (Å²) in [6.45, 7) is 10.7. The molecule has 186 valence electrons. The molecule has 0 radical (unpaired) electrons. The van der Waals surface area contributed by atoms with Gasteiger partial charge in [-0.05, 0) is 54.2 Å². The molecule has 0 N–H and O–H groups in total. The molecule has 0 unspecified atom stereocenters. The second kappa shape index (κ2) is 10.9. The lowest BCUT2D eigenvalue weighted by atomic mass is 9.96. The molecule has 1 saturated heterocycles. The number of aryl methyl sites for hydroxylation is 1. The third kappa shape index (κ3) is 5.45. The van der Waals surface area contributed by atoms with Crippen LogP contribution in [0.1, 0.15) is 55.0 Å². The van der Waals surface area contributed by atoms with E-state index in [0.717, 1.165) is 11.1 Å². The summed E-state index contributed by atoms with van der Waals surface area (Å²) >= 11 is 0. The van der Waals surface area contributed by atoms with E-state index >= 15 is 0 Å². The van der Waals surface area contributed by atoms with Crippen LogP contribution in [-0.4, -0.2) is 50.4 Å². The SMILES string of the molecule is CCOc1cc(C)c(C(C)C)cc1S(=O)(=O)N1CCN(C(c2ccccc2)c2ccccc2)CC1. The van der Waals surface area contributed by atoms with E-state index in [9.17, 15) is 8.42 Å². The minimum absolute atomic E-state index is 0.0909. The molecule has 1 heterocycles. The van der Waals surface area contributed by atoms with E-state index in [2.05, 4.69) is 67.3 Å². The van der Waals surface area contributed by atoms with Gasteiger partial charge >= 0.3 is 0 Å². The Morgan fingerprint density at radius 1 is 0.857 bits per heavy atom. The summed E-state index contributed by atoms with van der Waals surface area (Å²) in [4.78, 5) is 2.67. The third-order valence-electron chi connectivity index (χ3n) is 6.74. The molecule has 3 aromatic carbocycles. The number of piperazine rings is 1. The van der Waals surface area contributed by atoms with Crippen molar-refractivity contribution in [3.05, 3.63) is 95.1 Å². The van der Waals surface area contributed by atoms with Crippen LogP contribution in [0.5, 0.6) is 5.75 Å². The van der Waals surface area contributed by atoms with Crippen molar-refractivity contribution in [1.29, 1.82) is 0 Å². The first-order chi connectivity index (χ1) is 16.8. The normalized spacial score (nSPS) is 15.6. The van der Waals surface area contributed by atoms with Gasteiger partial charge in [0.05, 0.1) is 12.6 Å². The van der Waals surface area contributed by atoms with Crippen LogP contribution in [0, 0.1) is 6.92 Å². The van der Waals surface area contributed by atoms with E-state index in [4.69, 9.17) is 4.74 Å². The molecular formula is C29H36N2O3S. The molecule has 1 aliphatic rings. The molecule has 0 spiro atoms. The maximum Gasteiger partial charge on any atom is 0.246 e. The predicted octanol–water partition coefficient (Wildman–Crippen LogP) is 5.61.